The van der Waals surface area contributed by atoms with Gasteiger partial charge in [-0.05, 0) is 49.6 Å². The summed E-state index contributed by atoms with van der Waals surface area (Å²) in [4.78, 5) is 25.9. The zero-order chi connectivity index (χ0) is 22.8. The highest BCUT2D eigenvalue weighted by atomic mass is 35.5. The van der Waals surface area contributed by atoms with E-state index in [2.05, 4.69) is 20.2 Å². The summed E-state index contributed by atoms with van der Waals surface area (Å²) in [5.74, 6) is 0.917. The van der Waals surface area contributed by atoms with E-state index in [0.717, 1.165) is 48.1 Å². The maximum Gasteiger partial charge on any atom is 0.257 e. The number of halogens is 1. The highest BCUT2D eigenvalue weighted by molar-refractivity contribution is 7.98. The Kier molecular flexibility index (Phi) is 7.24. The number of rotatable bonds is 7. The zero-order valence-electron chi connectivity index (χ0n) is 18.7. The van der Waals surface area contributed by atoms with Crippen molar-refractivity contribution < 1.29 is 9.90 Å². The average molecular weight is 476 g/mol. The number of amides is 1. The second-order valence-corrected chi connectivity index (χ2v) is 9.98. The van der Waals surface area contributed by atoms with Crippen LogP contribution in [0.25, 0.3) is 0 Å². The molecule has 0 spiro atoms. The number of hydrogen-bond acceptors (Lipinski definition) is 7. The third kappa shape index (κ3) is 5.20. The Morgan fingerprint density at radius 2 is 2.00 bits per heavy atom. The van der Waals surface area contributed by atoms with Crippen LogP contribution in [0.15, 0.2) is 29.6 Å². The summed E-state index contributed by atoms with van der Waals surface area (Å²) in [7, 11) is 0. The Hall–Kier alpha value is -1.87. The van der Waals surface area contributed by atoms with Crippen molar-refractivity contribution in [2.45, 2.75) is 25.1 Å². The molecule has 0 saturated carbocycles. The van der Waals surface area contributed by atoms with Gasteiger partial charge in [-0.3, -0.25) is 9.69 Å². The molecule has 7 nitrogen and oxygen atoms in total. The molecule has 0 aliphatic carbocycles. The quantitative estimate of drug-likeness (QED) is 0.470. The third-order valence-electron chi connectivity index (χ3n) is 6.40. The van der Waals surface area contributed by atoms with E-state index in [9.17, 15) is 9.90 Å². The summed E-state index contributed by atoms with van der Waals surface area (Å²) in [6.07, 6.45) is 3.11. The summed E-state index contributed by atoms with van der Waals surface area (Å²) < 4.78 is 0. The number of nitrogens with one attached hydrogen (secondary N) is 1. The molecule has 9 heteroatoms. The number of benzene rings is 1. The smallest absolute Gasteiger partial charge is 0.257 e. The monoisotopic (exact) mass is 475 g/mol. The molecule has 2 aliphatic rings. The predicted molar refractivity (Wildman–Crippen MR) is 129 cm³/mol. The number of thioether (sulfide) groups is 1. The average Bonchev–Trinajstić information content (AvgIpc) is 3.32. The maximum atomic E-state index is 13.0. The van der Waals surface area contributed by atoms with Crippen LogP contribution in [0.4, 0.5) is 5.69 Å². The van der Waals surface area contributed by atoms with Crippen molar-refractivity contribution in [2.24, 2.45) is 11.8 Å². The number of aliphatic hydroxyl groups is 1. The summed E-state index contributed by atoms with van der Waals surface area (Å²) in [6, 6.07) is 5.83. The fourth-order valence-electron chi connectivity index (χ4n) is 4.63. The van der Waals surface area contributed by atoms with Gasteiger partial charge in [0, 0.05) is 56.2 Å². The number of fused-ring (bicyclic) bond motifs is 1. The van der Waals surface area contributed by atoms with Gasteiger partial charge in [0.1, 0.15) is 0 Å². The van der Waals surface area contributed by atoms with Crippen LogP contribution in [-0.4, -0.2) is 82.4 Å². The lowest BCUT2D eigenvalue weighted by Gasteiger charge is -2.24. The largest absolute Gasteiger partial charge is 0.390 e. The van der Waals surface area contributed by atoms with Gasteiger partial charge in [0.05, 0.1) is 17.4 Å². The molecule has 1 amide bonds. The predicted octanol–water partition coefficient (Wildman–Crippen LogP) is 2.95. The first kappa shape index (κ1) is 23.3. The van der Waals surface area contributed by atoms with E-state index in [1.165, 1.54) is 11.8 Å². The van der Waals surface area contributed by atoms with Gasteiger partial charge >= 0.3 is 0 Å². The standard InChI is InChI=1S/C23H30ClN5O2S/c1-14-4-5-18(6-21(14)24)25-7-19(30)13-28-9-16-11-29(12-17(16)10-28)22(31)20-8-26-23(32-3)27-15(20)2/h4-6,8,16-17,19,25,30H,7,9-13H2,1-3H3. The number of β-amino-alcohol motifs (C(OH)–C–C–N with tert-alkyl or cyclic N) is 1. The third-order valence-corrected chi connectivity index (χ3v) is 7.37. The van der Waals surface area contributed by atoms with Gasteiger partial charge in [-0.1, -0.05) is 29.4 Å². The van der Waals surface area contributed by atoms with E-state index in [0.29, 0.717) is 35.6 Å². The lowest BCUT2D eigenvalue weighted by Crippen LogP contribution is -2.38. The van der Waals surface area contributed by atoms with Crippen molar-refractivity contribution in [3.63, 3.8) is 0 Å². The molecule has 2 saturated heterocycles. The van der Waals surface area contributed by atoms with Crippen LogP contribution in [0.5, 0.6) is 0 Å². The van der Waals surface area contributed by atoms with Crippen LogP contribution in [-0.2, 0) is 0 Å². The van der Waals surface area contributed by atoms with Crippen LogP contribution >= 0.6 is 23.4 Å². The van der Waals surface area contributed by atoms with Gasteiger partial charge < -0.3 is 15.3 Å². The highest BCUT2D eigenvalue weighted by Gasteiger charge is 2.42. The Morgan fingerprint density at radius 1 is 1.28 bits per heavy atom. The van der Waals surface area contributed by atoms with Gasteiger partial charge in [0.15, 0.2) is 5.16 Å². The van der Waals surface area contributed by atoms with Crippen LogP contribution in [0.2, 0.25) is 5.02 Å². The minimum absolute atomic E-state index is 0.0251. The van der Waals surface area contributed by atoms with E-state index >= 15 is 0 Å². The topological polar surface area (TPSA) is 81.6 Å². The van der Waals surface area contributed by atoms with E-state index in [-0.39, 0.29) is 5.91 Å². The molecule has 172 valence electrons. The molecule has 2 aliphatic heterocycles. The summed E-state index contributed by atoms with van der Waals surface area (Å²) in [5.41, 5.74) is 3.28. The zero-order valence-corrected chi connectivity index (χ0v) is 20.3. The Morgan fingerprint density at radius 3 is 2.62 bits per heavy atom. The van der Waals surface area contributed by atoms with Crippen molar-refractivity contribution in [3.05, 3.63) is 46.2 Å². The molecule has 32 heavy (non-hydrogen) atoms. The number of hydrogen-bond donors (Lipinski definition) is 2. The van der Waals surface area contributed by atoms with E-state index < -0.39 is 6.10 Å². The second-order valence-electron chi connectivity index (χ2n) is 8.80. The first-order chi connectivity index (χ1) is 15.3. The number of nitrogens with zero attached hydrogens (tertiary/aromatic N) is 4. The number of aromatic nitrogens is 2. The first-order valence-corrected chi connectivity index (χ1v) is 12.5. The molecule has 0 bridgehead atoms. The van der Waals surface area contributed by atoms with E-state index in [1.54, 1.807) is 6.20 Å². The molecule has 3 atom stereocenters. The summed E-state index contributed by atoms with van der Waals surface area (Å²) >= 11 is 7.64. The molecule has 1 aromatic carbocycles. The molecule has 3 unspecified atom stereocenters. The lowest BCUT2D eigenvalue weighted by molar-refractivity contribution is 0.0762. The van der Waals surface area contributed by atoms with Crippen molar-refractivity contribution in [1.29, 1.82) is 0 Å². The number of anilines is 1. The van der Waals surface area contributed by atoms with Crippen LogP contribution in [0, 0.1) is 25.7 Å². The van der Waals surface area contributed by atoms with Crippen molar-refractivity contribution in [2.75, 3.05) is 50.8 Å². The first-order valence-electron chi connectivity index (χ1n) is 10.9. The van der Waals surface area contributed by atoms with Crippen LogP contribution < -0.4 is 5.32 Å². The number of likely N-dealkylation sites (tertiary alicyclic amines) is 2. The Bertz CT molecular complexity index is 977. The lowest BCUT2D eigenvalue weighted by atomic mass is 10.0. The summed E-state index contributed by atoms with van der Waals surface area (Å²) in [6.45, 7) is 8.24. The van der Waals surface area contributed by atoms with Gasteiger partial charge in [0.25, 0.3) is 5.91 Å². The number of aryl methyl sites for hydroxylation is 2. The maximum absolute atomic E-state index is 13.0. The fourth-order valence-corrected chi connectivity index (χ4v) is 5.20. The molecule has 0 radical (unpaired) electrons. The summed E-state index contributed by atoms with van der Waals surface area (Å²) in [5, 5.41) is 15.2. The number of aliphatic hydroxyl groups excluding tert-OH is 1. The molecule has 2 fully saturated rings. The molecule has 4 rings (SSSR count). The van der Waals surface area contributed by atoms with E-state index in [4.69, 9.17) is 11.6 Å². The second kappa shape index (κ2) is 9.95. The number of carbonyl (C=O) groups excluding carboxylic acids is 1. The van der Waals surface area contributed by atoms with Gasteiger partial charge in [-0.2, -0.15) is 0 Å². The molecule has 2 N–H and O–H groups in total. The molecular weight excluding hydrogens is 446 g/mol. The Labute approximate surface area is 198 Å². The van der Waals surface area contributed by atoms with Gasteiger partial charge in [-0.15, -0.1) is 0 Å². The molecule has 3 heterocycles. The van der Waals surface area contributed by atoms with Gasteiger partial charge in [-0.25, -0.2) is 9.97 Å². The van der Waals surface area contributed by atoms with Crippen LogP contribution in [0.3, 0.4) is 0 Å². The van der Waals surface area contributed by atoms with Crippen molar-refractivity contribution in [3.8, 4) is 0 Å². The fraction of sp³-hybridized carbons (Fsp3) is 0.522. The highest BCUT2D eigenvalue weighted by Crippen LogP contribution is 2.32. The van der Waals surface area contributed by atoms with Crippen LogP contribution in [0.1, 0.15) is 21.6 Å². The number of carbonyl (C=O) groups is 1. The minimum atomic E-state index is -0.471. The molecule has 2 aromatic rings. The van der Waals surface area contributed by atoms with E-state index in [1.807, 2.05) is 43.2 Å². The van der Waals surface area contributed by atoms with Gasteiger partial charge in [0.2, 0.25) is 0 Å². The molecular formula is C23H30ClN5O2S. The normalized spacial score (nSPS) is 21.6. The Balaban J connectivity index is 1.25. The van der Waals surface area contributed by atoms with Crippen molar-refractivity contribution >= 4 is 35.0 Å². The van der Waals surface area contributed by atoms with Crippen molar-refractivity contribution in [1.82, 2.24) is 19.8 Å². The minimum Gasteiger partial charge on any atom is -0.390 e. The molecule has 1 aromatic heterocycles. The SMILES string of the molecule is CSc1ncc(C(=O)N2CC3CN(CC(O)CNc4ccc(C)c(Cl)c4)CC3C2)c(C)n1.